The summed E-state index contributed by atoms with van der Waals surface area (Å²) in [7, 11) is 0. The molecule has 1 atom stereocenters. The minimum atomic E-state index is 0.118. The molecule has 0 bridgehead atoms. The summed E-state index contributed by atoms with van der Waals surface area (Å²) in [4.78, 5) is 12.2. The molecule has 198 valence electrons. The summed E-state index contributed by atoms with van der Waals surface area (Å²) < 4.78 is 7.23. The number of fused-ring (bicyclic) bond motifs is 1. The van der Waals surface area contributed by atoms with Gasteiger partial charge >= 0.3 is 0 Å². The summed E-state index contributed by atoms with van der Waals surface area (Å²) in [5.41, 5.74) is 5.28. The molecule has 4 aromatic rings. The van der Waals surface area contributed by atoms with E-state index in [1.54, 1.807) is 11.3 Å². The van der Waals surface area contributed by atoms with Crippen LogP contribution in [0.4, 0.5) is 17.5 Å². The highest BCUT2D eigenvalue weighted by molar-refractivity contribution is 7.17. The van der Waals surface area contributed by atoms with Crippen LogP contribution in [-0.4, -0.2) is 47.3 Å². The Kier molecular flexibility index (Phi) is 8.20. The first-order valence-electron chi connectivity index (χ1n) is 13.4. The molecule has 7 nitrogen and oxygen atoms in total. The van der Waals surface area contributed by atoms with Crippen LogP contribution >= 0.6 is 11.3 Å². The second-order valence-corrected chi connectivity index (χ2v) is 10.5. The monoisotopic (exact) mass is 528 g/mol. The molecular formula is C30H36N6OS. The molecule has 0 fully saturated rings. The predicted molar refractivity (Wildman–Crippen MR) is 159 cm³/mol. The lowest BCUT2D eigenvalue weighted by molar-refractivity contribution is 0.247. The van der Waals surface area contributed by atoms with Crippen LogP contribution in [0, 0.1) is 13.8 Å². The van der Waals surface area contributed by atoms with Crippen LogP contribution in [0.2, 0.25) is 0 Å². The van der Waals surface area contributed by atoms with Gasteiger partial charge in [0.2, 0.25) is 5.95 Å². The molecule has 0 saturated carbocycles. The Labute approximate surface area is 229 Å². The van der Waals surface area contributed by atoms with Crippen molar-refractivity contribution < 1.29 is 4.74 Å². The van der Waals surface area contributed by atoms with Crippen LogP contribution < -0.4 is 15.1 Å². The van der Waals surface area contributed by atoms with Crippen LogP contribution in [0.1, 0.15) is 49.4 Å². The maximum absolute atomic E-state index is 6.19. The molecule has 8 heteroatoms. The van der Waals surface area contributed by atoms with Gasteiger partial charge in [0.1, 0.15) is 5.75 Å². The number of nitrogens with one attached hydrogen (secondary N) is 1. The third-order valence-corrected chi connectivity index (χ3v) is 7.89. The Balaban J connectivity index is 1.35. The quantitative estimate of drug-likeness (QED) is 0.210. The van der Waals surface area contributed by atoms with Gasteiger partial charge in [0, 0.05) is 24.9 Å². The Hall–Kier alpha value is -3.49. The number of aryl methyl sites for hydroxylation is 2. The van der Waals surface area contributed by atoms with Gasteiger partial charge < -0.3 is 15.0 Å². The second kappa shape index (κ2) is 11.9. The molecule has 1 N–H and O–H groups in total. The molecule has 0 amide bonds. The summed E-state index contributed by atoms with van der Waals surface area (Å²) in [5, 5.41) is 12.3. The van der Waals surface area contributed by atoms with E-state index in [0.717, 1.165) is 71.1 Å². The molecule has 0 saturated heterocycles. The van der Waals surface area contributed by atoms with Crippen molar-refractivity contribution in [3.8, 4) is 5.75 Å². The standard InChI is InChI=1S/C30H36N6OS/c1-5-35(6-2)16-10-17-37-27-21(3)19-24(20-22(27)4)32-30-33-25-14-18-38-28(25)29(34-30)36-26(13-15-31-36)23-11-8-7-9-12-23/h7-9,11-12,14-15,18-20,26H,5-6,10,13,16-17H2,1-4H3,(H,32,33,34). The number of hydrogen-bond donors (Lipinski definition) is 1. The molecular weight excluding hydrogens is 492 g/mol. The van der Waals surface area contributed by atoms with Gasteiger partial charge in [-0.2, -0.15) is 10.1 Å². The van der Waals surface area contributed by atoms with Crippen molar-refractivity contribution in [1.29, 1.82) is 0 Å². The number of ether oxygens (including phenoxy) is 1. The predicted octanol–water partition coefficient (Wildman–Crippen LogP) is 7.10. The van der Waals surface area contributed by atoms with E-state index >= 15 is 0 Å². The molecule has 1 aliphatic rings. The molecule has 1 aliphatic heterocycles. The van der Waals surface area contributed by atoms with E-state index in [4.69, 9.17) is 19.8 Å². The number of rotatable bonds is 11. The van der Waals surface area contributed by atoms with Crippen LogP contribution in [0.3, 0.4) is 0 Å². The highest BCUT2D eigenvalue weighted by Gasteiger charge is 2.27. The van der Waals surface area contributed by atoms with Crippen LogP contribution in [-0.2, 0) is 0 Å². The normalized spacial score (nSPS) is 15.1. The third kappa shape index (κ3) is 5.66. The van der Waals surface area contributed by atoms with Crippen molar-refractivity contribution >= 4 is 45.2 Å². The fraction of sp³-hybridized carbons (Fsp3) is 0.367. The summed E-state index contributed by atoms with van der Waals surface area (Å²) in [6, 6.07) is 16.9. The third-order valence-electron chi connectivity index (χ3n) is 6.99. The van der Waals surface area contributed by atoms with E-state index < -0.39 is 0 Å². The number of benzene rings is 2. The summed E-state index contributed by atoms with van der Waals surface area (Å²) in [5.74, 6) is 2.35. The SMILES string of the molecule is CCN(CC)CCCOc1c(C)cc(Nc2nc(N3N=CCC3c3ccccc3)c3sccc3n2)cc1C. The van der Waals surface area contributed by atoms with Crippen LogP contribution in [0.15, 0.2) is 59.0 Å². The molecule has 2 aromatic heterocycles. The molecule has 0 radical (unpaired) electrons. The van der Waals surface area contributed by atoms with E-state index in [0.29, 0.717) is 12.6 Å². The summed E-state index contributed by atoms with van der Waals surface area (Å²) >= 11 is 1.65. The number of hydrazone groups is 1. The van der Waals surface area contributed by atoms with Crippen LogP contribution in [0.5, 0.6) is 5.75 Å². The van der Waals surface area contributed by atoms with Crippen LogP contribution in [0.25, 0.3) is 10.2 Å². The van der Waals surface area contributed by atoms with Crippen molar-refractivity contribution in [2.75, 3.05) is 36.6 Å². The fourth-order valence-corrected chi connectivity index (χ4v) is 5.82. The van der Waals surface area contributed by atoms with Gasteiger partial charge in [0.25, 0.3) is 0 Å². The van der Waals surface area contributed by atoms with E-state index in [2.05, 4.69) is 79.7 Å². The topological polar surface area (TPSA) is 65.9 Å². The molecule has 5 rings (SSSR count). The lowest BCUT2D eigenvalue weighted by atomic mass is 10.0. The Morgan fingerprint density at radius 1 is 1.05 bits per heavy atom. The number of nitrogens with zero attached hydrogens (tertiary/aromatic N) is 5. The van der Waals surface area contributed by atoms with Gasteiger partial charge in [-0.05, 0) is 73.6 Å². The average Bonchev–Trinajstić information content (AvgIpc) is 3.60. The molecule has 0 aliphatic carbocycles. The van der Waals surface area contributed by atoms with E-state index in [1.807, 2.05) is 23.4 Å². The van der Waals surface area contributed by atoms with Gasteiger partial charge in [-0.15, -0.1) is 11.3 Å². The summed E-state index contributed by atoms with van der Waals surface area (Å²) in [6.45, 7) is 12.5. The average molecular weight is 529 g/mol. The molecule has 1 unspecified atom stereocenters. The lowest BCUT2D eigenvalue weighted by Crippen LogP contribution is -2.25. The first-order chi connectivity index (χ1) is 18.6. The minimum absolute atomic E-state index is 0.118. The van der Waals surface area contributed by atoms with Crippen molar-refractivity contribution in [3.63, 3.8) is 0 Å². The molecule has 0 spiro atoms. The maximum Gasteiger partial charge on any atom is 0.229 e. The lowest BCUT2D eigenvalue weighted by Gasteiger charge is -2.24. The van der Waals surface area contributed by atoms with E-state index in [9.17, 15) is 0 Å². The Morgan fingerprint density at radius 2 is 1.82 bits per heavy atom. The van der Waals surface area contributed by atoms with Crippen molar-refractivity contribution in [1.82, 2.24) is 14.9 Å². The first-order valence-corrected chi connectivity index (χ1v) is 14.3. The second-order valence-electron chi connectivity index (χ2n) is 9.60. The molecule has 38 heavy (non-hydrogen) atoms. The van der Waals surface area contributed by atoms with Crippen molar-refractivity contribution in [2.24, 2.45) is 5.10 Å². The van der Waals surface area contributed by atoms with Gasteiger partial charge in [-0.3, -0.25) is 0 Å². The smallest absolute Gasteiger partial charge is 0.229 e. The van der Waals surface area contributed by atoms with Gasteiger partial charge in [-0.1, -0.05) is 44.2 Å². The fourth-order valence-electron chi connectivity index (χ4n) is 5.01. The Morgan fingerprint density at radius 3 is 2.55 bits per heavy atom. The van der Waals surface area contributed by atoms with Gasteiger partial charge in [-0.25, -0.2) is 9.99 Å². The number of anilines is 3. The number of hydrogen-bond acceptors (Lipinski definition) is 8. The van der Waals surface area contributed by atoms with E-state index in [1.165, 1.54) is 5.56 Å². The zero-order chi connectivity index (χ0) is 26.5. The highest BCUT2D eigenvalue weighted by Crippen LogP contribution is 2.38. The highest BCUT2D eigenvalue weighted by atomic mass is 32.1. The number of aromatic nitrogens is 2. The molecule has 2 aromatic carbocycles. The maximum atomic E-state index is 6.19. The van der Waals surface area contributed by atoms with Gasteiger partial charge in [0.15, 0.2) is 5.82 Å². The zero-order valence-electron chi connectivity index (χ0n) is 22.6. The first kappa shape index (κ1) is 26.1. The van der Waals surface area contributed by atoms with E-state index in [-0.39, 0.29) is 6.04 Å². The van der Waals surface area contributed by atoms with Crippen molar-refractivity contribution in [2.45, 2.75) is 46.6 Å². The molecule has 3 heterocycles. The van der Waals surface area contributed by atoms with Crippen molar-refractivity contribution in [3.05, 3.63) is 70.6 Å². The largest absolute Gasteiger partial charge is 0.493 e. The van der Waals surface area contributed by atoms with Gasteiger partial charge in [0.05, 0.1) is 22.9 Å². The number of thiophene rings is 1. The minimum Gasteiger partial charge on any atom is -0.493 e. The summed E-state index contributed by atoms with van der Waals surface area (Å²) in [6.07, 6.45) is 3.83. The zero-order valence-corrected chi connectivity index (χ0v) is 23.5. The Bertz CT molecular complexity index is 1380.